The zero-order chi connectivity index (χ0) is 13.8. The molecule has 1 unspecified atom stereocenters. The number of carbonyl (C=O) groups is 1. The average molecular weight is 290 g/mol. The Balaban J connectivity index is 1.48. The summed E-state index contributed by atoms with van der Waals surface area (Å²) in [6, 6.07) is 10.9. The molecule has 0 radical (unpaired) electrons. The van der Waals surface area contributed by atoms with Gasteiger partial charge in [0.1, 0.15) is 0 Å². The highest BCUT2D eigenvalue weighted by molar-refractivity contribution is 7.99. The molecule has 4 heteroatoms. The average Bonchev–Trinajstić information content (AvgIpc) is 3.28. The number of benzene rings is 1. The van der Waals surface area contributed by atoms with Gasteiger partial charge < -0.3 is 10.6 Å². The van der Waals surface area contributed by atoms with Crippen LogP contribution in [0.2, 0.25) is 0 Å². The predicted octanol–water partition coefficient (Wildman–Crippen LogP) is 1.93. The van der Waals surface area contributed by atoms with Crippen molar-refractivity contribution in [3.63, 3.8) is 0 Å². The van der Waals surface area contributed by atoms with Crippen LogP contribution < -0.4 is 10.6 Å². The van der Waals surface area contributed by atoms with E-state index in [1.54, 1.807) is 0 Å². The zero-order valence-corrected chi connectivity index (χ0v) is 12.5. The van der Waals surface area contributed by atoms with Crippen LogP contribution >= 0.6 is 11.8 Å². The minimum atomic E-state index is 0.187. The van der Waals surface area contributed by atoms with Crippen molar-refractivity contribution in [2.75, 3.05) is 24.6 Å². The van der Waals surface area contributed by atoms with Gasteiger partial charge in [0.2, 0.25) is 5.91 Å². The molecule has 3 rings (SSSR count). The lowest BCUT2D eigenvalue weighted by Gasteiger charge is -2.23. The summed E-state index contributed by atoms with van der Waals surface area (Å²) in [4.78, 5) is 12.1. The molecule has 1 heterocycles. The second-order valence-electron chi connectivity index (χ2n) is 5.85. The summed E-state index contributed by atoms with van der Waals surface area (Å²) in [6.07, 6.45) is 2.99. The van der Waals surface area contributed by atoms with E-state index in [2.05, 4.69) is 34.9 Å². The van der Waals surface area contributed by atoms with Crippen LogP contribution in [0, 0.1) is 0 Å². The smallest absolute Gasteiger partial charge is 0.221 e. The van der Waals surface area contributed by atoms with Crippen molar-refractivity contribution >= 4 is 17.7 Å². The summed E-state index contributed by atoms with van der Waals surface area (Å²) in [7, 11) is 0. The molecule has 1 aliphatic heterocycles. The molecule has 1 aromatic carbocycles. The molecule has 2 aliphatic rings. The molecule has 1 amide bonds. The molecule has 3 nitrogen and oxygen atoms in total. The van der Waals surface area contributed by atoms with Crippen LogP contribution in [0.5, 0.6) is 0 Å². The highest BCUT2D eigenvalue weighted by Gasteiger charge is 2.44. The fourth-order valence-electron chi connectivity index (χ4n) is 2.82. The Morgan fingerprint density at radius 2 is 2.15 bits per heavy atom. The van der Waals surface area contributed by atoms with E-state index in [4.69, 9.17) is 0 Å². The summed E-state index contributed by atoms with van der Waals surface area (Å²) < 4.78 is 0. The maximum atomic E-state index is 12.1. The summed E-state index contributed by atoms with van der Waals surface area (Å²) in [5.41, 5.74) is 1.58. The molecule has 2 N–H and O–H groups in total. The van der Waals surface area contributed by atoms with Gasteiger partial charge in [0.25, 0.3) is 0 Å². The standard InChI is InChI=1S/C16H22N2OS/c19-15(10-14-11-20-9-8-17-14)18-12-16(6-7-16)13-4-2-1-3-5-13/h1-5,14,17H,6-12H2,(H,18,19). The number of amides is 1. The van der Waals surface area contributed by atoms with Gasteiger partial charge >= 0.3 is 0 Å². The maximum absolute atomic E-state index is 12.1. The Hall–Kier alpha value is -1.00. The van der Waals surface area contributed by atoms with Crippen molar-refractivity contribution in [3.05, 3.63) is 35.9 Å². The van der Waals surface area contributed by atoms with Crippen LogP contribution in [0.15, 0.2) is 30.3 Å². The van der Waals surface area contributed by atoms with Crippen molar-refractivity contribution in [2.45, 2.75) is 30.7 Å². The predicted molar refractivity (Wildman–Crippen MR) is 84.1 cm³/mol. The fraction of sp³-hybridized carbons (Fsp3) is 0.562. The highest BCUT2D eigenvalue weighted by Crippen LogP contribution is 2.47. The molecule has 0 spiro atoms. The second-order valence-corrected chi connectivity index (χ2v) is 7.00. The summed E-state index contributed by atoms with van der Waals surface area (Å²) in [5, 5.41) is 6.56. The van der Waals surface area contributed by atoms with Gasteiger partial charge in [-0.2, -0.15) is 11.8 Å². The van der Waals surface area contributed by atoms with E-state index in [0.717, 1.165) is 24.6 Å². The van der Waals surface area contributed by atoms with Crippen LogP contribution in [-0.2, 0) is 10.2 Å². The summed E-state index contributed by atoms with van der Waals surface area (Å²) >= 11 is 1.94. The topological polar surface area (TPSA) is 41.1 Å². The molecule has 1 aromatic rings. The third-order valence-corrected chi connectivity index (χ3v) is 5.42. The monoisotopic (exact) mass is 290 g/mol. The van der Waals surface area contributed by atoms with Crippen molar-refractivity contribution in [1.29, 1.82) is 0 Å². The van der Waals surface area contributed by atoms with E-state index < -0.39 is 0 Å². The molecule has 1 saturated heterocycles. The quantitative estimate of drug-likeness (QED) is 0.870. The lowest BCUT2D eigenvalue weighted by molar-refractivity contribution is -0.121. The first-order chi connectivity index (χ1) is 9.78. The normalized spacial score (nSPS) is 24.1. The third-order valence-electron chi connectivity index (χ3n) is 4.29. The van der Waals surface area contributed by atoms with E-state index in [-0.39, 0.29) is 11.3 Å². The van der Waals surface area contributed by atoms with Gasteiger partial charge in [0, 0.05) is 42.5 Å². The number of hydrogen-bond donors (Lipinski definition) is 2. The molecular formula is C16H22N2OS. The molecule has 0 bridgehead atoms. The minimum absolute atomic E-state index is 0.187. The van der Waals surface area contributed by atoms with Crippen molar-refractivity contribution < 1.29 is 4.79 Å². The lowest BCUT2D eigenvalue weighted by Crippen LogP contribution is -2.42. The van der Waals surface area contributed by atoms with Gasteiger partial charge in [-0.05, 0) is 18.4 Å². The third kappa shape index (κ3) is 3.36. The van der Waals surface area contributed by atoms with Crippen molar-refractivity contribution in [2.24, 2.45) is 0 Å². The van der Waals surface area contributed by atoms with E-state index in [9.17, 15) is 4.79 Å². The second kappa shape index (κ2) is 6.19. The SMILES string of the molecule is O=C(CC1CSCCN1)NCC1(c2ccccc2)CC1. The van der Waals surface area contributed by atoms with Crippen LogP contribution in [-0.4, -0.2) is 36.5 Å². The molecule has 1 aliphatic carbocycles. The van der Waals surface area contributed by atoms with Gasteiger partial charge in [0.05, 0.1) is 0 Å². The first-order valence-corrected chi connectivity index (χ1v) is 8.57. The first-order valence-electron chi connectivity index (χ1n) is 7.42. The summed E-state index contributed by atoms with van der Waals surface area (Å²) in [5.74, 6) is 2.40. The largest absolute Gasteiger partial charge is 0.355 e. The van der Waals surface area contributed by atoms with Gasteiger partial charge in [-0.1, -0.05) is 30.3 Å². The summed E-state index contributed by atoms with van der Waals surface area (Å²) in [6.45, 7) is 1.81. The Bertz CT molecular complexity index is 453. The van der Waals surface area contributed by atoms with Gasteiger partial charge in [0.15, 0.2) is 0 Å². The Morgan fingerprint density at radius 1 is 1.35 bits per heavy atom. The van der Waals surface area contributed by atoms with Gasteiger partial charge in [-0.15, -0.1) is 0 Å². The number of carbonyl (C=O) groups excluding carboxylic acids is 1. The maximum Gasteiger partial charge on any atom is 0.221 e. The number of rotatable bonds is 5. The van der Waals surface area contributed by atoms with Crippen molar-refractivity contribution in [3.8, 4) is 0 Å². The van der Waals surface area contributed by atoms with E-state index in [0.29, 0.717) is 12.5 Å². The molecule has 0 aromatic heterocycles. The number of nitrogens with one attached hydrogen (secondary N) is 2. The Kier molecular flexibility index (Phi) is 4.32. The number of hydrogen-bond acceptors (Lipinski definition) is 3. The Morgan fingerprint density at radius 3 is 2.80 bits per heavy atom. The van der Waals surface area contributed by atoms with E-state index in [1.165, 1.54) is 18.4 Å². The van der Waals surface area contributed by atoms with Gasteiger partial charge in [-0.3, -0.25) is 4.79 Å². The molecule has 1 atom stereocenters. The van der Waals surface area contributed by atoms with Gasteiger partial charge in [-0.25, -0.2) is 0 Å². The molecule has 108 valence electrons. The van der Waals surface area contributed by atoms with Crippen LogP contribution in [0.25, 0.3) is 0 Å². The van der Waals surface area contributed by atoms with Crippen molar-refractivity contribution in [1.82, 2.24) is 10.6 Å². The molecule has 20 heavy (non-hydrogen) atoms. The fourth-order valence-corrected chi connectivity index (χ4v) is 3.77. The van der Waals surface area contributed by atoms with Crippen LogP contribution in [0.4, 0.5) is 0 Å². The molecule has 1 saturated carbocycles. The van der Waals surface area contributed by atoms with E-state index in [1.807, 2.05) is 17.8 Å². The van der Waals surface area contributed by atoms with Crippen LogP contribution in [0.3, 0.4) is 0 Å². The van der Waals surface area contributed by atoms with Crippen LogP contribution in [0.1, 0.15) is 24.8 Å². The Labute approximate surface area is 124 Å². The highest BCUT2D eigenvalue weighted by atomic mass is 32.2. The molecular weight excluding hydrogens is 268 g/mol. The van der Waals surface area contributed by atoms with E-state index >= 15 is 0 Å². The number of thioether (sulfide) groups is 1. The minimum Gasteiger partial charge on any atom is -0.355 e. The first kappa shape index (κ1) is 14.0. The zero-order valence-electron chi connectivity index (χ0n) is 11.7. The lowest BCUT2D eigenvalue weighted by atomic mass is 9.96. The molecule has 2 fully saturated rings.